The van der Waals surface area contributed by atoms with Crippen molar-refractivity contribution in [1.82, 2.24) is 0 Å². The third-order valence-corrected chi connectivity index (χ3v) is 3.43. The summed E-state index contributed by atoms with van der Waals surface area (Å²) >= 11 is 0. The van der Waals surface area contributed by atoms with E-state index in [1.54, 1.807) is 4.90 Å². The number of para-hydroxylation sites is 1. The number of carboxylic acid groups (broad SMARTS) is 1. The molecule has 18 heavy (non-hydrogen) atoms. The van der Waals surface area contributed by atoms with Crippen LogP contribution < -0.4 is 10.0 Å². The predicted molar refractivity (Wildman–Crippen MR) is 66.0 cm³/mol. The minimum Gasteiger partial charge on any atom is -0.550 e. The maximum atomic E-state index is 11.9. The van der Waals surface area contributed by atoms with E-state index in [0.29, 0.717) is 0 Å². The molecular formula is C14H16NO3-. The molecule has 0 aromatic heterocycles. The number of carbonyl (C=O) groups excluding carboxylic acids is 2. The molecule has 0 bridgehead atoms. The average molecular weight is 246 g/mol. The molecule has 4 nitrogen and oxygen atoms in total. The zero-order chi connectivity index (χ0) is 13.3. The number of benzene rings is 1. The van der Waals surface area contributed by atoms with Crippen LogP contribution in [0.3, 0.4) is 0 Å². The molecule has 2 rings (SSSR count). The molecule has 1 aliphatic rings. The summed E-state index contributed by atoms with van der Waals surface area (Å²) in [6.45, 7) is 4.18. The van der Waals surface area contributed by atoms with Crippen LogP contribution in [0, 0.1) is 12.8 Å². The molecular weight excluding hydrogens is 230 g/mol. The van der Waals surface area contributed by atoms with Crippen molar-refractivity contribution in [3.63, 3.8) is 0 Å². The topological polar surface area (TPSA) is 60.4 Å². The fourth-order valence-corrected chi connectivity index (χ4v) is 2.47. The Bertz CT molecular complexity index is 496. The summed E-state index contributed by atoms with van der Waals surface area (Å²) in [5.41, 5.74) is 2.94. The zero-order valence-corrected chi connectivity index (χ0v) is 10.6. The summed E-state index contributed by atoms with van der Waals surface area (Å²) in [7, 11) is 0. The Morgan fingerprint density at radius 2 is 2.22 bits per heavy atom. The molecule has 1 amide bonds. The number of nitrogens with zero attached hydrogens (tertiary/aromatic N) is 1. The van der Waals surface area contributed by atoms with Crippen LogP contribution in [0.2, 0.25) is 0 Å². The van der Waals surface area contributed by atoms with E-state index < -0.39 is 11.9 Å². The Hall–Kier alpha value is -1.84. The van der Waals surface area contributed by atoms with Crippen LogP contribution in [0.25, 0.3) is 0 Å². The lowest BCUT2D eigenvalue weighted by Gasteiger charge is -2.22. The van der Waals surface area contributed by atoms with Crippen LogP contribution in [0.15, 0.2) is 18.2 Å². The molecule has 1 saturated heterocycles. The van der Waals surface area contributed by atoms with Gasteiger partial charge in [0.15, 0.2) is 0 Å². The Balaban J connectivity index is 2.38. The third-order valence-electron chi connectivity index (χ3n) is 3.43. The number of hydrogen-bond donors (Lipinski definition) is 0. The number of carbonyl (C=O) groups is 2. The monoisotopic (exact) mass is 246 g/mol. The average Bonchev–Trinajstić information content (AvgIpc) is 2.71. The first-order valence-electron chi connectivity index (χ1n) is 6.14. The van der Waals surface area contributed by atoms with Crippen molar-refractivity contribution in [2.75, 3.05) is 11.4 Å². The van der Waals surface area contributed by atoms with Gasteiger partial charge in [0.2, 0.25) is 5.91 Å². The largest absolute Gasteiger partial charge is 0.550 e. The normalized spacial score (nSPS) is 19.3. The van der Waals surface area contributed by atoms with Crippen molar-refractivity contribution in [3.05, 3.63) is 29.3 Å². The molecule has 1 aromatic rings. The smallest absolute Gasteiger partial charge is 0.227 e. The second-order valence-corrected chi connectivity index (χ2v) is 4.66. The zero-order valence-electron chi connectivity index (χ0n) is 10.6. The molecule has 0 aliphatic carbocycles. The first-order chi connectivity index (χ1) is 8.54. The molecule has 1 aliphatic heterocycles. The lowest BCUT2D eigenvalue weighted by Crippen LogP contribution is -2.34. The van der Waals surface area contributed by atoms with E-state index in [1.165, 1.54) is 0 Å². The summed E-state index contributed by atoms with van der Waals surface area (Å²) in [5, 5.41) is 10.9. The molecule has 1 atom stereocenters. The third kappa shape index (κ3) is 2.10. The standard InChI is InChI=1S/C14H17NO3/c1-3-10-6-4-5-9(2)13(10)15-8-11(14(17)18)7-12(15)16/h4-6,11H,3,7-8H2,1-2H3,(H,17,18)/p-1. The van der Waals surface area contributed by atoms with Crippen molar-refractivity contribution < 1.29 is 14.7 Å². The molecule has 1 aromatic carbocycles. The molecule has 0 radical (unpaired) electrons. The second-order valence-electron chi connectivity index (χ2n) is 4.66. The van der Waals surface area contributed by atoms with Gasteiger partial charge in [-0.15, -0.1) is 0 Å². The number of aliphatic carboxylic acids is 1. The van der Waals surface area contributed by atoms with Crippen molar-refractivity contribution >= 4 is 17.6 Å². The van der Waals surface area contributed by atoms with Gasteiger partial charge in [0.05, 0.1) is 0 Å². The second kappa shape index (κ2) is 4.80. The number of carboxylic acids is 1. The Labute approximate surface area is 106 Å². The van der Waals surface area contributed by atoms with Crippen LogP contribution in [0.1, 0.15) is 24.5 Å². The van der Waals surface area contributed by atoms with E-state index in [0.717, 1.165) is 23.2 Å². The molecule has 1 heterocycles. The van der Waals surface area contributed by atoms with Gasteiger partial charge >= 0.3 is 0 Å². The summed E-state index contributed by atoms with van der Waals surface area (Å²) in [6.07, 6.45) is 0.858. The fraction of sp³-hybridized carbons (Fsp3) is 0.429. The lowest BCUT2D eigenvalue weighted by atomic mass is 10.0. The molecule has 0 spiro atoms. The summed E-state index contributed by atoms with van der Waals surface area (Å²) in [6, 6.07) is 5.87. The van der Waals surface area contributed by atoms with Gasteiger partial charge < -0.3 is 14.8 Å². The van der Waals surface area contributed by atoms with E-state index in [2.05, 4.69) is 0 Å². The summed E-state index contributed by atoms with van der Waals surface area (Å²) in [4.78, 5) is 24.4. The highest BCUT2D eigenvalue weighted by Crippen LogP contribution is 2.31. The van der Waals surface area contributed by atoms with Crippen molar-refractivity contribution in [2.45, 2.75) is 26.7 Å². The van der Waals surface area contributed by atoms with E-state index in [4.69, 9.17) is 0 Å². The van der Waals surface area contributed by atoms with Crippen LogP contribution in [-0.2, 0) is 16.0 Å². The molecule has 0 N–H and O–H groups in total. The number of rotatable bonds is 3. The fourth-order valence-electron chi connectivity index (χ4n) is 2.47. The van der Waals surface area contributed by atoms with E-state index in [9.17, 15) is 14.7 Å². The highest BCUT2D eigenvalue weighted by atomic mass is 16.4. The number of aryl methyl sites for hydroxylation is 2. The predicted octanol–water partition coefficient (Wildman–Crippen LogP) is 0.660. The van der Waals surface area contributed by atoms with Gasteiger partial charge in [-0.25, -0.2) is 0 Å². The van der Waals surface area contributed by atoms with Crippen LogP contribution in [-0.4, -0.2) is 18.4 Å². The highest BCUT2D eigenvalue weighted by Gasteiger charge is 2.32. The molecule has 96 valence electrons. The number of hydrogen-bond acceptors (Lipinski definition) is 3. The van der Waals surface area contributed by atoms with Crippen LogP contribution in [0.5, 0.6) is 0 Å². The maximum absolute atomic E-state index is 11.9. The molecule has 4 heteroatoms. The maximum Gasteiger partial charge on any atom is 0.227 e. The Morgan fingerprint density at radius 3 is 2.78 bits per heavy atom. The van der Waals surface area contributed by atoms with Gasteiger partial charge in [-0.1, -0.05) is 25.1 Å². The first-order valence-corrected chi connectivity index (χ1v) is 6.14. The first kappa shape index (κ1) is 12.6. The van der Waals surface area contributed by atoms with Gasteiger partial charge in [-0.2, -0.15) is 0 Å². The van der Waals surface area contributed by atoms with E-state index in [1.807, 2.05) is 32.0 Å². The van der Waals surface area contributed by atoms with Gasteiger partial charge in [-0.05, 0) is 24.5 Å². The molecule has 1 unspecified atom stereocenters. The summed E-state index contributed by atoms with van der Waals surface area (Å²) in [5.74, 6) is -1.97. The SMILES string of the molecule is CCc1cccc(C)c1N1CC(C(=O)[O-])CC1=O. The van der Waals surface area contributed by atoms with Crippen molar-refractivity contribution in [3.8, 4) is 0 Å². The Morgan fingerprint density at radius 1 is 1.50 bits per heavy atom. The van der Waals surface area contributed by atoms with Gasteiger partial charge in [-0.3, -0.25) is 4.79 Å². The Kier molecular flexibility index (Phi) is 3.36. The molecule has 1 fully saturated rings. The lowest BCUT2D eigenvalue weighted by molar-refractivity contribution is -0.310. The molecule has 0 saturated carbocycles. The van der Waals surface area contributed by atoms with E-state index >= 15 is 0 Å². The highest BCUT2D eigenvalue weighted by molar-refractivity contribution is 6.00. The number of amides is 1. The van der Waals surface area contributed by atoms with Crippen molar-refractivity contribution in [2.24, 2.45) is 5.92 Å². The quantitative estimate of drug-likeness (QED) is 0.787. The number of anilines is 1. The van der Waals surface area contributed by atoms with Crippen LogP contribution in [0.4, 0.5) is 5.69 Å². The minimum atomic E-state index is -1.14. The van der Waals surface area contributed by atoms with Crippen molar-refractivity contribution in [1.29, 1.82) is 0 Å². The van der Waals surface area contributed by atoms with Gasteiger partial charge in [0.1, 0.15) is 0 Å². The van der Waals surface area contributed by atoms with Gasteiger partial charge in [0, 0.05) is 30.5 Å². The van der Waals surface area contributed by atoms with Gasteiger partial charge in [0.25, 0.3) is 0 Å². The summed E-state index contributed by atoms with van der Waals surface area (Å²) < 4.78 is 0. The van der Waals surface area contributed by atoms with E-state index in [-0.39, 0.29) is 18.9 Å². The van der Waals surface area contributed by atoms with Crippen LogP contribution >= 0.6 is 0 Å². The minimum absolute atomic E-state index is 0.0415.